The Hall–Kier alpha value is -2.93. The maximum atomic E-state index is 9.02. The first-order chi connectivity index (χ1) is 11.6. The molecule has 4 nitrogen and oxygen atoms in total. The SMILES string of the molecule is C=C1NCC(C#N)CC(c2ccccc2)N1.Cc1ccc(O)cc1. The molecule has 1 heterocycles. The van der Waals surface area contributed by atoms with Gasteiger partial charge in [-0.05, 0) is 31.0 Å². The zero-order chi connectivity index (χ0) is 17.4. The minimum absolute atomic E-state index is 0.0250. The van der Waals surface area contributed by atoms with Crippen LogP contribution in [-0.4, -0.2) is 11.7 Å². The van der Waals surface area contributed by atoms with Crippen molar-refractivity contribution < 1.29 is 5.11 Å². The van der Waals surface area contributed by atoms with Crippen molar-refractivity contribution in [2.45, 2.75) is 19.4 Å². The summed E-state index contributed by atoms with van der Waals surface area (Å²) in [6, 6.07) is 19.8. The van der Waals surface area contributed by atoms with E-state index in [-0.39, 0.29) is 12.0 Å². The zero-order valence-electron chi connectivity index (χ0n) is 13.9. The number of aryl methyl sites for hydroxylation is 1. The van der Waals surface area contributed by atoms with E-state index >= 15 is 0 Å². The van der Waals surface area contributed by atoms with Crippen molar-refractivity contribution in [1.29, 1.82) is 5.26 Å². The maximum absolute atomic E-state index is 9.02. The van der Waals surface area contributed by atoms with E-state index in [4.69, 9.17) is 10.4 Å². The smallest absolute Gasteiger partial charge is 0.115 e. The van der Waals surface area contributed by atoms with Crippen LogP contribution in [0.25, 0.3) is 0 Å². The van der Waals surface area contributed by atoms with Gasteiger partial charge in [-0.3, -0.25) is 0 Å². The Bertz CT molecular complexity index is 668. The Morgan fingerprint density at radius 3 is 2.38 bits per heavy atom. The second kappa shape index (κ2) is 8.64. The Kier molecular flexibility index (Phi) is 6.27. The number of nitrogens with one attached hydrogen (secondary N) is 2. The highest BCUT2D eigenvalue weighted by atomic mass is 16.3. The van der Waals surface area contributed by atoms with Crippen molar-refractivity contribution >= 4 is 0 Å². The number of nitriles is 1. The van der Waals surface area contributed by atoms with Crippen molar-refractivity contribution in [1.82, 2.24) is 10.6 Å². The summed E-state index contributed by atoms with van der Waals surface area (Å²) in [6.07, 6.45) is 0.812. The van der Waals surface area contributed by atoms with Crippen molar-refractivity contribution in [2.75, 3.05) is 6.54 Å². The predicted octanol–water partition coefficient (Wildman–Crippen LogP) is 3.62. The van der Waals surface area contributed by atoms with Gasteiger partial charge in [0.1, 0.15) is 5.75 Å². The Balaban J connectivity index is 0.000000219. The fraction of sp³-hybridized carbons (Fsp3) is 0.250. The normalized spacial score (nSPS) is 19.6. The van der Waals surface area contributed by atoms with Crippen LogP contribution in [0.5, 0.6) is 5.75 Å². The van der Waals surface area contributed by atoms with Gasteiger partial charge in [-0.25, -0.2) is 0 Å². The van der Waals surface area contributed by atoms with Gasteiger partial charge >= 0.3 is 0 Å². The van der Waals surface area contributed by atoms with Gasteiger partial charge in [0.15, 0.2) is 0 Å². The standard InChI is InChI=1S/C13H15N3.C7H8O/c1-10-15-9-11(8-14)7-13(16-10)12-5-3-2-4-6-12;1-6-2-4-7(8)5-3-6/h2-6,11,13,15-16H,1,7,9H2;2-5,8H,1H3. The van der Waals surface area contributed by atoms with Crippen LogP contribution in [0.1, 0.15) is 23.6 Å². The second-order valence-electron chi connectivity index (χ2n) is 5.86. The highest BCUT2D eigenvalue weighted by Gasteiger charge is 2.21. The molecule has 0 amide bonds. The van der Waals surface area contributed by atoms with E-state index < -0.39 is 0 Å². The largest absolute Gasteiger partial charge is 0.508 e. The number of aromatic hydroxyl groups is 1. The number of hydrogen-bond acceptors (Lipinski definition) is 4. The molecule has 0 aliphatic carbocycles. The van der Waals surface area contributed by atoms with Crippen LogP contribution in [0.4, 0.5) is 0 Å². The third-order valence-electron chi connectivity index (χ3n) is 3.85. The van der Waals surface area contributed by atoms with Gasteiger partial charge in [0.2, 0.25) is 0 Å². The number of nitrogens with zero attached hydrogens (tertiary/aromatic N) is 1. The number of phenolic OH excluding ortho intramolecular Hbond substituents is 1. The van der Waals surface area contributed by atoms with E-state index in [1.54, 1.807) is 12.1 Å². The van der Waals surface area contributed by atoms with E-state index in [2.05, 4.69) is 35.4 Å². The topological polar surface area (TPSA) is 68.1 Å². The molecule has 124 valence electrons. The summed E-state index contributed by atoms with van der Waals surface area (Å²) in [6.45, 7) is 6.54. The third-order valence-corrected chi connectivity index (χ3v) is 3.85. The van der Waals surface area contributed by atoms with Gasteiger partial charge in [0, 0.05) is 6.54 Å². The Morgan fingerprint density at radius 2 is 1.79 bits per heavy atom. The van der Waals surface area contributed by atoms with Crippen molar-refractivity contribution in [3.8, 4) is 11.8 Å². The summed E-state index contributed by atoms with van der Waals surface area (Å²) < 4.78 is 0. The minimum atomic E-state index is 0.0250. The zero-order valence-corrected chi connectivity index (χ0v) is 13.9. The number of phenols is 1. The highest BCUT2D eigenvalue weighted by molar-refractivity contribution is 5.24. The quantitative estimate of drug-likeness (QED) is 0.750. The van der Waals surface area contributed by atoms with Crippen LogP contribution in [0.15, 0.2) is 67.0 Å². The lowest BCUT2D eigenvalue weighted by Gasteiger charge is -2.18. The van der Waals surface area contributed by atoms with Crippen molar-refractivity contribution in [2.24, 2.45) is 5.92 Å². The first-order valence-electron chi connectivity index (χ1n) is 7.98. The molecule has 1 saturated heterocycles. The van der Waals surface area contributed by atoms with E-state index in [9.17, 15) is 0 Å². The molecular weight excluding hydrogens is 298 g/mol. The Labute approximate surface area is 143 Å². The first kappa shape index (κ1) is 17.4. The number of benzene rings is 2. The van der Waals surface area contributed by atoms with Crippen LogP contribution in [0, 0.1) is 24.2 Å². The number of hydrogen-bond donors (Lipinski definition) is 3. The summed E-state index contributed by atoms with van der Waals surface area (Å²) in [4.78, 5) is 0. The van der Waals surface area contributed by atoms with Crippen molar-refractivity contribution in [3.63, 3.8) is 0 Å². The monoisotopic (exact) mass is 321 g/mol. The molecule has 3 N–H and O–H groups in total. The second-order valence-corrected chi connectivity index (χ2v) is 5.86. The van der Waals surface area contributed by atoms with Gasteiger partial charge in [-0.2, -0.15) is 5.26 Å². The lowest BCUT2D eigenvalue weighted by Crippen LogP contribution is -2.25. The molecular formula is C20H23N3O. The van der Waals surface area contributed by atoms with Gasteiger partial charge in [0.05, 0.1) is 23.8 Å². The van der Waals surface area contributed by atoms with E-state index in [1.165, 1.54) is 11.1 Å². The van der Waals surface area contributed by atoms with E-state index in [1.807, 2.05) is 37.3 Å². The average Bonchev–Trinajstić information content (AvgIpc) is 2.80. The molecule has 2 aromatic carbocycles. The van der Waals surface area contributed by atoms with Gasteiger partial charge in [-0.1, -0.05) is 54.6 Å². The predicted molar refractivity (Wildman–Crippen MR) is 96.0 cm³/mol. The molecule has 0 saturated carbocycles. The molecule has 0 radical (unpaired) electrons. The lowest BCUT2D eigenvalue weighted by molar-refractivity contribution is 0.475. The molecule has 1 aliphatic heterocycles. The molecule has 0 spiro atoms. The fourth-order valence-electron chi connectivity index (χ4n) is 2.48. The molecule has 24 heavy (non-hydrogen) atoms. The molecule has 3 rings (SSSR count). The molecule has 1 fully saturated rings. The molecule has 2 atom stereocenters. The molecule has 2 aromatic rings. The molecule has 1 aliphatic rings. The van der Waals surface area contributed by atoms with Gasteiger partial charge in [0.25, 0.3) is 0 Å². The average molecular weight is 321 g/mol. The van der Waals surface area contributed by atoms with Gasteiger partial charge < -0.3 is 15.7 Å². The Morgan fingerprint density at radius 1 is 1.12 bits per heavy atom. The van der Waals surface area contributed by atoms with Crippen molar-refractivity contribution in [3.05, 3.63) is 78.1 Å². The maximum Gasteiger partial charge on any atom is 0.115 e. The van der Waals surface area contributed by atoms with Crippen LogP contribution in [0.3, 0.4) is 0 Å². The highest BCUT2D eigenvalue weighted by Crippen LogP contribution is 2.23. The van der Waals surface area contributed by atoms with Crippen LogP contribution in [-0.2, 0) is 0 Å². The van der Waals surface area contributed by atoms with Crippen LogP contribution < -0.4 is 10.6 Å². The van der Waals surface area contributed by atoms with E-state index in [0.717, 1.165) is 12.2 Å². The summed E-state index contributed by atoms with van der Waals surface area (Å²) in [5.74, 6) is 1.15. The summed E-state index contributed by atoms with van der Waals surface area (Å²) >= 11 is 0. The summed E-state index contributed by atoms with van der Waals surface area (Å²) in [7, 11) is 0. The van der Waals surface area contributed by atoms with Gasteiger partial charge in [-0.15, -0.1) is 0 Å². The fourth-order valence-corrected chi connectivity index (χ4v) is 2.48. The lowest BCUT2D eigenvalue weighted by atomic mass is 9.96. The molecule has 0 aromatic heterocycles. The first-order valence-corrected chi connectivity index (χ1v) is 7.98. The van der Waals surface area contributed by atoms with E-state index in [0.29, 0.717) is 12.3 Å². The molecule has 4 heteroatoms. The molecule has 0 bridgehead atoms. The molecule has 2 unspecified atom stereocenters. The number of rotatable bonds is 1. The minimum Gasteiger partial charge on any atom is -0.508 e. The summed E-state index contributed by atoms with van der Waals surface area (Å²) in [5, 5.41) is 24.2. The van der Waals surface area contributed by atoms with Crippen LogP contribution in [0.2, 0.25) is 0 Å². The summed E-state index contributed by atoms with van der Waals surface area (Å²) in [5.41, 5.74) is 2.37. The third kappa shape index (κ3) is 5.36. The van der Waals surface area contributed by atoms with Crippen LogP contribution >= 0.6 is 0 Å².